The number of hydrogen-bond donors (Lipinski definition) is 1. The molecule has 3 heterocycles. The standard InChI is InChI=1S/C20H27N5O3.HI/c1-21-20(25-9-7-24(8-10-25)15-17-6-13-28-23-17)22-14-16-4-2-5-18-19(16)27-12-3-11-26-18;/h2,4-6,13H,3,7-12,14-15H2,1H3,(H,21,22);1H. The number of hydrogen-bond acceptors (Lipinski definition) is 6. The molecule has 0 radical (unpaired) electrons. The van der Waals surface area contributed by atoms with Gasteiger partial charge in [0.25, 0.3) is 0 Å². The Morgan fingerprint density at radius 3 is 2.72 bits per heavy atom. The van der Waals surface area contributed by atoms with Crippen LogP contribution in [0.4, 0.5) is 0 Å². The van der Waals surface area contributed by atoms with Crippen LogP contribution in [-0.4, -0.2) is 67.4 Å². The summed E-state index contributed by atoms with van der Waals surface area (Å²) in [6.07, 6.45) is 2.53. The lowest BCUT2D eigenvalue weighted by Crippen LogP contribution is -2.52. The minimum absolute atomic E-state index is 0. The van der Waals surface area contributed by atoms with E-state index in [1.165, 1.54) is 0 Å². The summed E-state index contributed by atoms with van der Waals surface area (Å²) in [5.41, 5.74) is 2.06. The van der Waals surface area contributed by atoms with Gasteiger partial charge in [0.2, 0.25) is 0 Å². The van der Waals surface area contributed by atoms with Crippen molar-refractivity contribution in [3.63, 3.8) is 0 Å². The molecule has 1 fully saturated rings. The van der Waals surface area contributed by atoms with E-state index < -0.39 is 0 Å². The third-order valence-electron chi connectivity index (χ3n) is 5.05. The number of aromatic nitrogens is 1. The van der Waals surface area contributed by atoms with Crippen LogP contribution in [0.25, 0.3) is 0 Å². The highest BCUT2D eigenvalue weighted by Crippen LogP contribution is 2.33. The fourth-order valence-electron chi connectivity index (χ4n) is 3.57. The predicted octanol–water partition coefficient (Wildman–Crippen LogP) is 2.35. The van der Waals surface area contributed by atoms with Crippen LogP contribution in [0.5, 0.6) is 11.5 Å². The zero-order valence-corrected chi connectivity index (χ0v) is 19.0. The Balaban J connectivity index is 0.00000240. The molecule has 0 amide bonds. The molecule has 1 aromatic heterocycles. The van der Waals surface area contributed by atoms with E-state index >= 15 is 0 Å². The van der Waals surface area contributed by atoms with E-state index in [9.17, 15) is 0 Å². The predicted molar refractivity (Wildman–Crippen MR) is 121 cm³/mol. The molecule has 0 saturated carbocycles. The van der Waals surface area contributed by atoms with Gasteiger partial charge in [-0.05, 0) is 6.07 Å². The number of rotatable bonds is 4. The Kier molecular flexibility index (Phi) is 7.99. The molecule has 4 rings (SSSR count). The highest BCUT2D eigenvalue weighted by Gasteiger charge is 2.21. The Morgan fingerprint density at radius 1 is 1.14 bits per heavy atom. The Hall–Kier alpha value is -2.01. The van der Waals surface area contributed by atoms with Crippen molar-refractivity contribution in [3.8, 4) is 11.5 Å². The molecule has 1 saturated heterocycles. The van der Waals surface area contributed by atoms with E-state index in [2.05, 4.69) is 31.3 Å². The number of ether oxygens (including phenoxy) is 2. The van der Waals surface area contributed by atoms with Crippen molar-refractivity contribution in [1.29, 1.82) is 0 Å². The second kappa shape index (κ2) is 10.7. The number of piperazine rings is 1. The Bertz CT molecular complexity index is 791. The smallest absolute Gasteiger partial charge is 0.194 e. The first-order chi connectivity index (χ1) is 13.8. The van der Waals surface area contributed by atoms with Crippen LogP contribution in [-0.2, 0) is 13.1 Å². The minimum Gasteiger partial charge on any atom is -0.490 e. The molecule has 0 aliphatic carbocycles. The number of halogens is 1. The van der Waals surface area contributed by atoms with Gasteiger partial charge in [0, 0.05) is 64.4 Å². The summed E-state index contributed by atoms with van der Waals surface area (Å²) < 4.78 is 16.6. The SMILES string of the molecule is CN=C(NCc1cccc2c1OCCCO2)N1CCN(Cc2ccon2)CC1.I. The summed E-state index contributed by atoms with van der Waals surface area (Å²) in [5, 5.41) is 7.48. The molecule has 1 aromatic carbocycles. The van der Waals surface area contributed by atoms with Crippen molar-refractivity contribution < 1.29 is 14.0 Å². The monoisotopic (exact) mass is 513 g/mol. The van der Waals surface area contributed by atoms with Crippen molar-refractivity contribution in [2.24, 2.45) is 4.99 Å². The summed E-state index contributed by atoms with van der Waals surface area (Å²) in [5.74, 6) is 2.59. The summed E-state index contributed by atoms with van der Waals surface area (Å²) in [6.45, 7) is 6.63. The molecule has 1 N–H and O–H groups in total. The Labute approximate surface area is 188 Å². The van der Waals surface area contributed by atoms with Gasteiger partial charge in [-0.2, -0.15) is 0 Å². The molecule has 8 nitrogen and oxygen atoms in total. The molecule has 0 atom stereocenters. The number of nitrogens with zero attached hydrogens (tertiary/aromatic N) is 4. The minimum atomic E-state index is 0. The molecule has 0 bridgehead atoms. The van der Waals surface area contributed by atoms with Crippen molar-refractivity contribution >= 4 is 29.9 Å². The molecule has 0 unspecified atom stereocenters. The summed E-state index contributed by atoms with van der Waals surface area (Å²) in [6, 6.07) is 7.97. The van der Waals surface area contributed by atoms with E-state index in [1.807, 2.05) is 25.2 Å². The van der Waals surface area contributed by atoms with Crippen LogP contribution in [0.15, 0.2) is 40.0 Å². The topological polar surface area (TPSA) is 75.4 Å². The molecule has 158 valence electrons. The van der Waals surface area contributed by atoms with Crippen LogP contribution in [0.1, 0.15) is 17.7 Å². The van der Waals surface area contributed by atoms with Gasteiger partial charge in [0.1, 0.15) is 6.26 Å². The first-order valence-corrected chi connectivity index (χ1v) is 9.78. The number of fused-ring (bicyclic) bond motifs is 1. The van der Waals surface area contributed by atoms with Crippen molar-refractivity contribution in [2.75, 3.05) is 46.4 Å². The van der Waals surface area contributed by atoms with Gasteiger partial charge in [0.05, 0.1) is 18.9 Å². The first kappa shape index (κ1) is 21.7. The van der Waals surface area contributed by atoms with Crippen LogP contribution < -0.4 is 14.8 Å². The number of guanidine groups is 1. The van der Waals surface area contributed by atoms with E-state index in [1.54, 1.807) is 6.26 Å². The molecular weight excluding hydrogens is 485 g/mol. The number of nitrogens with one attached hydrogen (secondary N) is 1. The summed E-state index contributed by atoms with van der Waals surface area (Å²) in [7, 11) is 1.83. The zero-order chi connectivity index (χ0) is 19.2. The van der Waals surface area contributed by atoms with Crippen LogP contribution in [0, 0.1) is 0 Å². The van der Waals surface area contributed by atoms with Gasteiger partial charge in [-0.3, -0.25) is 9.89 Å². The zero-order valence-electron chi connectivity index (χ0n) is 16.7. The van der Waals surface area contributed by atoms with E-state index in [-0.39, 0.29) is 24.0 Å². The van der Waals surface area contributed by atoms with E-state index in [0.29, 0.717) is 19.8 Å². The summed E-state index contributed by atoms with van der Waals surface area (Å²) in [4.78, 5) is 9.14. The molecule has 9 heteroatoms. The molecule has 2 aliphatic heterocycles. The second-order valence-corrected chi connectivity index (χ2v) is 6.95. The highest BCUT2D eigenvalue weighted by molar-refractivity contribution is 14.0. The lowest BCUT2D eigenvalue weighted by molar-refractivity contribution is 0.169. The van der Waals surface area contributed by atoms with Gasteiger partial charge in [0.15, 0.2) is 17.5 Å². The molecular formula is C20H28IN5O3. The average molecular weight is 513 g/mol. The van der Waals surface area contributed by atoms with E-state index in [4.69, 9.17) is 14.0 Å². The maximum atomic E-state index is 5.92. The maximum absolute atomic E-state index is 5.92. The molecule has 29 heavy (non-hydrogen) atoms. The normalized spacial score (nSPS) is 17.4. The lowest BCUT2D eigenvalue weighted by Gasteiger charge is -2.36. The quantitative estimate of drug-likeness (QED) is 0.382. The first-order valence-electron chi connectivity index (χ1n) is 9.78. The van der Waals surface area contributed by atoms with Gasteiger partial charge >= 0.3 is 0 Å². The molecule has 2 aromatic rings. The second-order valence-electron chi connectivity index (χ2n) is 6.95. The van der Waals surface area contributed by atoms with E-state index in [0.717, 1.165) is 67.9 Å². The molecule has 0 spiro atoms. The van der Waals surface area contributed by atoms with Gasteiger partial charge < -0.3 is 24.2 Å². The fourth-order valence-corrected chi connectivity index (χ4v) is 3.57. The van der Waals surface area contributed by atoms with Crippen LogP contribution in [0.3, 0.4) is 0 Å². The van der Waals surface area contributed by atoms with Crippen molar-refractivity contribution in [1.82, 2.24) is 20.3 Å². The highest BCUT2D eigenvalue weighted by atomic mass is 127. The maximum Gasteiger partial charge on any atom is 0.194 e. The van der Waals surface area contributed by atoms with Gasteiger partial charge in [-0.1, -0.05) is 17.3 Å². The summed E-state index contributed by atoms with van der Waals surface area (Å²) >= 11 is 0. The van der Waals surface area contributed by atoms with Gasteiger partial charge in [-0.15, -0.1) is 24.0 Å². The third kappa shape index (κ3) is 5.53. The van der Waals surface area contributed by atoms with Crippen molar-refractivity contribution in [3.05, 3.63) is 41.8 Å². The van der Waals surface area contributed by atoms with Gasteiger partial charge in [-0.25, -0.2) is 0 Å². The average Bonchev–Trinajstić information content (AvgIpc) is 3.11. The largest absolute Gasteiger partial charge is 0.490 e. The fraction of sp³-hybridized carbons (Fsp3) is 0.500. The Morgan fingerprint density at radius 2 is 1.97 bits per heavy atom. The van der Waals surface area contributed by atoms with Crippen LogP contribution in [0.2, 0.25) is 0 Å². The number of benzene rings is 1. The van der Waals surface area contributed by atoms with Crippen molar-refractivity contribution in [2.45, 2.75) is 19.5 Å². The third-order valence-corrected chi connectivity index (χ3v) is 5.05. The number of para-hydroxylation sites is 1. The number of aliphatic imine (C=N–C) groups is 1. The molecule has 2 aliphatic rings. The lowest BCUT2D eigenvalue weighted by atomic mass is 10.2. The van der Waals surface area contributed by atoms with Crippen LogP contribution >= 0.6 is 24.0 Å².